The number of hydrogen-bond donors (Lipinski definition) is 3. The van der Waals surface area contributed by atoms with E-state index in [-0.39, 0.29) is 6.04 Å². The molecule has 0 spiro atoms. The fourth-order valence-electron chi connectivity index (χ4n) is 2.99. The molecule has 0 amide bonds. The molecule has 0 heterocycles. The van der Waals surface area contributed by atoms with Gasteiger partial charge in [-0.05, 0) is 53.5 Å². The normalized spacial score (nSPS) is 11.8. The molecular weight excluding hydrogens is 301 g/mol. The number of aryl methyl sites for hydroxylation is 2. The van der Waals surface area contributed by atoms with Crippen LogP contribution in [0.15, 0.2) is 42.5 Å². The Labute approximate surface area is 143 Å². The molecule has 0 saturated carbocycles. The fourth-order valence-corrected chi connectivity index (χ4v) is 2.99. The van der Waals surface area contributed by atoms with Crippen LogP contribution in [-0.4, -0.2) is 29.5 Å². The van der Waals surface area contributed by atoms with Crippen molar-refractivity contribution in [3.8, 4) is 0 Å². The molecule has 0 aliphatic rings. The maximum absolute atomic E-state index is 11.5. The zero-order valence-electron chi connectivity index (χ0n) is 14.2. The predicted molar refractivity (Wildman–Crippen MR) is 98.6 cm³/mol. The van der Waals surface area contributed by atoms with Crippen LogP contribution in [0.1, 0.15) is 30.5 Å². The first-order chi connectivity index (χ1) is 11.6. The van der Waals surface area contributed by atoms with E-state index < -0.39 is 7.12 Å². The third kappa shape index (κ3) is 4.46. The summed E-state index contributed by atoms with van der Waals surface area (Å²) in [5.74, 6) is 0. The average molecular weight is 325 g/mol. The number of hydrogen-bond acceptors (Lipinski definition) is 4. The van der Waals surface area contributed by atoms with Crippen LogP contribution in [0.3, 0.4) is 0 Å². The van der Waals surface area contributed by atoms with Crippen molar-refractivity contribution in [3.05, 3.63) is 59.2 Å². The van der Waals surface area contributed by atoms with E-state index >= 15 is 0 Å². The summed E-state index contributed by atoms with van der Waals surface area (Å²) in [6.07, 6.45) is 2.91. The summed E-state index contributed by atoms with van der Waals surface area (Å²) in [6.45, 7) is 3.96. The molecule has 1 atom stereocenters. The van der Waals surface area contributed by atoms with Crippen molar-refractivity contribution in [2.75, 3.05) is 5.32 Å². The minimum atomic E-state index is -1.48. The van der Waals surface area contributed by atoms with Gasteiger partial charge in [0, 0.05) is 5.69 Å². The lowest BCUT2D eigenvalue weighted by molar-refractivity contribution is -0.108. The van der Waals surface area contributed by atoms with E-state index in [9.17, 15) is 14.8 Å². The molecule has 4 nitrogen and oxygen atoms in total. The summed E-state index contributed by atoms with van der Waals surface area (Å²) in [6, 6.07) is 13.3. The Morgan fingerprint density at radius 3 is 2.12 bits per heavy atom. The standard InChI is InChI=1S/C19H24BNO3/c1-3-15-11-17(12-16(4-2)19(15)20(23)24)21-18(13-22)10-14-8-6-5-7-9-14/h5-9,11-13,18,21,23-24H,3-4,10H2,1-2H3/t18-/m0/s1. The fraction of sp³-hybridized carbons (Fsp3) is 0.316. The lowest BCUT2D eigenvalue weighted by atomic mass is 9.72. The number of anilines is 1. The second-order valence-corrected chi connectivity index (χ2v) is 5.87. The van der Waals surface area contributed by atoms with E-state index in [2.05, 4.69) is 5.32 Å². The Hall–Kier alpha value is -2.11. The quantitative estimate of drug-likeness (QED) is 0.511. The Morgan fingerprint density at radius 1 is 1.08 bits per heavy atom. The minimum absolute atomic E-state index is 0.327. The molecule has 24 heavy (non-hydrogen) atoms. The van der Waals surface area contributed by atoms with Gasteiger partial charge in [0.05, 0.1) is 6.04 Å². The average Bonchev–Trinajstić information content (AvgIpc) is 2.60. The summed E-state index contributed by atoms with van der Waals surface area (Å²) in [4.78, 5) is 11.5. The van der Waals surface area contributed by atoms with Crippen LogP contribution in [0.25, 0.3) is 0 Å². The lowest BCUT2D eigenvalue weighted by Gasteiger charge is -2.19. The molecule has 0 aliphatic heterocycles. The molecule has 0 radical (unpaired) electrons. The van der Waals surface area contributed by atoms with Crippen LogP contribution >= 0.6 is 0 Å². The maximum Gasteiger partial charge on any atom is 0.488 e. The van der Waals surface area contributed by atoms with E-state index in [0.717, 1.165) is 28.7 Å². The van der Waals surface area contributed by atoms with Crippen molar-refractivity contribution in [3.63, 3.8) is 0 Å². The van der Waals surface area contributed by atoms with Gasteiger partial charge in [-0.25, -0.2) is 0 Å². The van der Waals surface area contributed by atoms with Crippen LogP contribution in [0.2, 0.25) is 0 Å². The highest BCUT2D eigenvalue weighted by molar-refractivity contribution is 6.59. The molecule has 0 saturated heterocycles. The third-order valence-corrected chi connectivity index (χ3v) is 4.19. The minimum Gasteiger partial charge on any atom is -0.423 e. The Kier molecular flexibility index (Phi) is 6.58. The Balaban J connectivity index is 2.25. The molecule has 2 aromatic carbocycles. The molecule has 5 heteroatoms. The van der Waals surface area contributed by atoms with Gasteiger partial charge in [-0.15, -0.1) is 0 Å². The molecule has 0 aliphatic carbocycles. The predicted octanol–water partition coefficient (Wildman–Crippen LogP) is 1.71. The summed E-state index contributed by atoms with van der Waals surface area (Å²) < 4.78 is 0. The highest BCUT2D eigenvalue weighted by Crippen LogP contribution is 2.17. The van der Waals surface area contributed by atoms with E-state index in [0.29, 0.717) is 24.7 Å². The van der Waals surface area contributed by atoms with E-state index in [1.54, 1.807) is 0 Å². The number of aldehydes is 1. The lowest BCUT2D eigenvalue weighted by Crippen LogP contribution is -2.36. The molecule has 2 rings (SSSR count). The van der Waals surface area contributed by atoms with Crippen LogP contribution in [-0.2, 0) is 24.1 Å². The molecule has 2 aromatic rings. The first-order valence-corrected chi connectivity index (χ1v) is 8.36. The van der Waals surface area contributed by atoms with Crippen molar-refractivity contribution in [2.45, 2.75) is 39.2 Å². The van der Waals surface area contributed by atoms with E-state index in [1.165, 1.54) is 0 Å². The number of carbonyl (C=O) groups excluding carboxylic acids is 1. The van der Waals surface area contributed by atoms with Crippen molar-refractivity contribution in [2.24, 2.45) is 0 Å². The molecule has 0 fully saturated rings. The van der Waals surface area contributed by atoms with Crippen LogP contribution in [0.5, 0.6) is 0 Å². The molecule has 0 unspecified atom stereocenters. The second kappa shape index (κ2) is 8.66. The highest BCUT2D eigenvalue weighted by Gasteiger charge is 2.20. The summed E-state index contributed by atoms with van der Waals surface area (Å²) in [5.41, 5.74) is 4.28. The van der Waals surface area contributed by atoms with Crippen molar-refractivity contribution >= 4 is 24.6 Å². The van der Waals surface area contributed by atoms with Crippen molar-refractivity contribution < 1.29 is 14.8 Å². The summed E-state index contributed by atoms with van der Waals surface area (Å²) in [7, 11) is -1.48. The van der Waals surface area contributed by atoms with Crippen molar-refractivity contribution in [1.82, 2.24) is 0 Å². The summed E-state index contributed by atoms with van der Waals surface area (Å²) in [5, 5.41) is 22.5. The largest absolute Gasteiger partial charge is 0.488 e. The zero-order chi connectivity index (χ0) is 17.5. The van der Waals surface area contributed by atoms with Gasteiger partial charge in [-0.3, -0.25) is 0 Å². The molecule has 126 valence electrons. The monoisotopic (exact) mass is 325 g/mol. The highest BCUT2D eigenvalue weighted by atomic mass is 16.4. The number of carbonyl (C=O) groups is 1. The number of rotatable bonds is 8. The molecular formula is C19H24BNO3. The van der Waals surface area contributed by atoms with Gasteiger partial charge in [-0.1, -0.05) is 44.2 Å². The number of nitrogens with one attached hydrogen (secondary N) is 1. The van der Waals surface area contributed by atoms with Gasteiger partial charge in [-0.2, -0.15) is 0 Å². The van der Waals surface area contributed by atoms with Crippen LogP contribution < -0.4 is 10.8 Å². The van der Waals surface area contributed by atoms with Crippen LogP contribution in [0, 0.1) is 0 Å². The first kappa shape index (κ1) is 18.2. The summed E-state index contributed by atoms with van der Waals surface area (Å²) >= 11 is 0. The van der Waals surface area contributed by atoms with Gasteiger partial charge < -0.3 is 20.2 Å². The first-order valence-electron chi connectivity index (χ1n) is 8.36. The maximum atomic E-state index is 11.5. The van der Waals surface area contributed by atoms with E-state index in [1.807, 2.05) is 56.3 Å². The van der Waals surface area contributed by atoms with Gasteiger partial charge in [0.15, 0.2) is 0 Å². The Bertz CT molecular complexity index is 649. The molecule has 3 N–H and O–H groups in total. The SMILES string of the molecule is CCc1cc(N[C@H](C=O)Cc2ccccc2)cc(CC)c1B(O)O. The number of benzene rings is 2. The van der Waals surface area contributed by atoms with Gasteiger partial charge in [0.2, 0.25) is 0 Å². The van der Waals surface area contributed by atoms with Crippen molar-refractivity contribution in [1.29, 1.82) is 0 Å². The van der Waals surface area contributed by atoms with Crippen LogP contribution in [0.4, 0.5) is 5.69 Å². The van der Waals surface area contributed by atoms with Gasteiger partial charge in [0.1, 0.15) is 6.29 Å². The topological polar surface area (TPSA) is 69.6 Å². The molecule has 0 aromatic heterocycles. The second-order valence-electron chi connectivity index (χ2n) is 5.87. The Morgan fingerprint density at radius 2 is 1.67 bits per heavy atom. The zero-order valence-corrected chi connectivity index (χ0v) is 14.2. The smallest absolute Gasteiger partial charge is 0.423 e. The third-order valence-electron chi connectivity index (χ3n) is 4.19. The van der Waals surface area contributed by atoms with Gasteiger partial charge in [0.25, 0.3) is 0 Å². The van der Waals surface area contributed by atoms with Gasteiger partial charge >= 0.3 is 7.12 Å². The van der Waals surface area contributed by atoms with E-state index in [4.69, 9.17) is 0 Å². The molecule has 0 bridgehead atoms.